The summed E-state index contributed by atoms with van der Waals surface area (Å²) in [6.45, 7) is 5.52. The van der Waals surface area contributed by atoms with Crippen LogP contribution in [0.15, 0.2) is 12.4 Å². The van der Waals surface area contributed by atoms with E-state index in [4.69, 9.17) is 4.74 Å². The Hall–Kier alpha value is -1.36. The minimum atomic E-state index is -0.604. The zero-order valence-electron chi connectivity index (χ0n) is 12.7. The maximum absolute atomic E-state index is 12.4. The van der Waals surface area contributed by atoms with E-state index in [1.165, 1.54) is 7.11 Å². The van der Waals surface area contributed by atoms with Gasteiger partial charge in [-0.2, -0.15) is 0 Å². The van der Waals surface area contributed by atoms with Crippen LogP contribution >= 0.6 is 0 Å². The molecule has 0 spiro atoms. The van der Waals surface area contributed by atoms with E-state index in [1.54, 1.807) is 0 Å². The number of hydrogen-bond acceptors (Lipinski definition) is 4. The van der Waals surface area contributed by atoms with E-state index < -0.39 is 5.54 Å². The molecule has 0 radical (unpaired) electrons. The Labute approximate surface area is 120 Å². The summed E-state index contributed by atoms with van der Waals surface area (Å²) in [5.74, 6) is 1.25. The Morgan fingerprint density at radius 2 is 2.30 bits per heavy atom. The van der Waals surface area contributed by atoms with Gasteiger partial charge in [0.2, 0.25) is 0 Å². The fourth-order valence-corrected chi connectivity index (χ4v) is 2.91. The van der Waals surface area contributed by atoms with Crippen molar-refractivity contribution in [3.63, 3.8) is 0 Å². The molecule has 1 unspecified atom stereocenters. The average molecular weight is 279 g/mol. The molecule has 1 aromatic rings. The molecule has 1 heterocycles. The van der Waals surface area contributed by atoms with Crippen LogP contribution in [0.3, 0.4) is 0 Å². The molecule has 1 saturated carbocycles. The van der Waals surface area contributed by atoms with Gasteiger partial charge in [0.1, 0.15) is 11.4 Å². The van der Waals surface area contributed by atoms with Gasteiger partial charge >= 0.3 is 5.97 Å². The number of hydrogen-bond donors (Lipinski definition) is 1. The summed E-state index contributed by atoms with van der Waals surface area (Å²) in [6.07, 6.45) is 7.92. The highest BCUT2D eigenvalue weighted by Gasteiger charge is 2.51. The molecule has 2 rings (SSSR count). The first kappa shape index (κ1) is 15.0. The second-order valence-electron chi connectivity index (χ2n) is 5.49. The van der Waals surface area contributed by atoms with Crippen molar-refractivity contribution in [2.45, 2.75) is 51.6 Å². The van der Waals surface area contributed by atoms with E-state index in [2.05, 4.69) is 21.8 Å². The molecule has 1 N–H and O–H groups in total. The predicted octanol–water partition coefficient (Wildman–Crippen LogP) is 1.77. The summed E-state index contributed by atoms with van der Waals surface area (Å²) in [4.78, 5) is 16.8. The van der Waals surface area contributed by atoms with Gasteiger partial charge in [-0.1, -0.05) is 13.8 Å². The molecule has 0 saturated heterocycles. The third kappa shape index (κ3) is 2.87. The number of nitrogens with one attached hydrogen (secondary N) is 1. The molecule has 0 bridgehead atoms. The lowest BCUT2D eigenvalue weighted by molar-refractivity contribution is -0.150. The summed E-state index contributed by atoms with van der Waals surface area (Å²) in [5.41, 5.74) is -0.604. The van der Waals surface area contributed by atoms with Crippen LogP contribution in [0, 0.1) is 5.92 Å². The molecule has 1 aromatic heterocycles. The number of aromatic nitrogens is 2. The molecule has 0 amide bonds. The van der Waals surface area contributed by atoms with Crippen molar-refractivity contribution in [2.75, 3.05) is 13.7 Å². The fourth-order valence-electron chi connectivity index (χ4n) is 2.91. The van der Waals surface area contributed by atoms with Crippen molar-refractivity contribution in [3.05, 3.63) is 18.2 Å². The van der Waals surface area contributed by atoms with Crippen LogP contribution in [-0.4, -0.2) is 34.7 Å². The minimum Gasteiger partial charge on any atom is -0.468 e. The maximum Gasteiger partial charge on any atom is 0.328 e. The van der Waals surface area contributed by atoms with Crippen molar-refractivity contribution >= 4 is 5.97 Å². The largest absolute Gasteiger partial charge is 0.468 e. The van der Waals surface area contributed by atoms with Crippen molar-refractivity contribution in [3.8, 4) is 0 Å². The topological polar surface area (TPSA) is 56.2 Å². The molecule has 5 nitrogen and oxygen atoms in total. The van der Waals surface area contributed by atoms with Gasteiger partial charge in [-0.25, -0.2) is 9.78 Å². The third-order valence-corrected chi connectivity index (χ3v) is 4.01. The maximum atomic E-state index is 12.4. The summed E-state index contributed by atoms with van der Waals surface area (Å²) >= 11 is 0. The lowest BCUT2D eigenvalue weighted by Crippen LogP contribution is -2.57. The molecule has 1 atom stereocenters. The Morgan fingerprint density at radius 1 is 1.55 bits per heavy atom. The Kier molecular flexibility index (Phi) is 4.81. The van der Waals surface area contributed by atoms with Crippen LogP contribution in [0.2, 0.25) is 0 Å². The van der Waals surface area contributed by atoms with Crippen LogP contribution in [0.4, 0.5) is 0 Å². The van der Waals surface area contributed by atoms with E-state index in [-0.39, 0.29) is 5.97 Å². The number of imidazole rings is 1. The van der Waals surface area contributed by atoms with Crippen molar-refractivity contribution in [2.24, 2.45) is 5.92 Å². The van der Waals surface area contributed by atoms with Crippen molar-refractivity contribution < 1.29 is 9.53 Å². The number of methoxy groups -OCH3 is 1. The Bertz CT molecular complexity index is 454. The molecular formula is C15H25N3O2. The Morgan fingerprint density at radius 3 is 2.85 bits per heavy atom. The zero-order chi connectivity index (χ0) is 14.6. The van der Waals surface area contributed by atoms with Gasteiger partial charge in [0.15, 0.2) is 0 Å². The van der Waals surface area contributed by atoms with Crippen molar-refractivity contribution in [1.29, 1.82) is 0 Å². The van der Waals surface area contributed by atoms with Gasteiger partial charge in [0, 0.05) is 18.8 Å². The normalized spacial score (nSPS) is 17.8. The molecule has 0 aromatic carbocycles. The molecule has 5 heteroatoms. The highest BCUT2D eigenvalue weighted by Crippen LogP contribution is 2.41. The molecular weight excluding hydrogens is 254 g/mol. The molecule has 20 heavy (non-hydrogen) atoms. The summed E-state index contributed by atoms with van der Waals surface area (Å²) < 4.78 is 7.18. The summed E-state index contributed by atoms with van der Waals surface area (Å²) in [7, 11) is 1.47. The fraction of sp³-hybridized carbons (Fsp3) is 0.733. The molecule has 1 fully saturated rings. The molecule has 112 valence electrons. The summed E-state index contributed by atoms with van der Waals surface area (Å²) in [6, 6.07) is 0. The smallest absolute Gasteiger partial charge is 0.328 e. The SMILES string of the molecule is CCCc1nccn1CC(NCC)(C(=O)OC)C1CC1. The lowest BCUT2D eigenvalue weighted by atomic mass is 9.92. The molecule has 0 aliphatic heterocycles. The van der Waals surface area contributed by atoms with Crippen LogP contribution in [0.25, 0.3) is 0 Å². The zero-order valence-corrected chi connectivity index (χ0v) is 12.7. The number of aryl methyl sites for hydroxylation is 1. The Balaban J connectivity index is 2.26. The lowest BCUT2D eigenvalue weighted by Gasteiger charge is -2.32. The number of nitrogens with zero attached hydrogens (tertiary/aromatic N) is 2. The van der Waals surface area contributed by atoms with Gasteiger partial charge < -0.3 is 14.6 Å². The van der Waals surface area contributed by atoms with E-state index in [0.29, 0.717) is 12.5 Å². The number of likely N-dealkylation sites (N-methyl/N-ethyl adjacent to an activating group) is 1. The first-order valence-electron chi connectivity index (χ1n) is 7.51. The second-order valence-corrected chi connectivity index (χ2v) is 5.49. The first-order chi connectivity index (χ1) is 9.67. The highest BCUT2D eigenvalue weighted by molar-refractivity contribution is 5.81. The number of esters is 1. The predicted molar refractivity (Wildman–Crippen MR) is 77.4 cm³/mol. The third-order valence-electron chi connectivity index (χ3n) is 4.01. The van der Waals surface area contributed by atoms with Crippen LogP contribution in [0.5, 0.6) is 0 Å². The van der Waals surface area contributed by atoms with E-state index in [9.17, 15) is 4.79 Å². The van der Waals surface area contributed by atoms with Gasteiger partial charge in [0.25, 0.3) is 0 Å². The van der Waals surface area contributed by atoms with Gasteiger partial charge in [-0.05, 0) is 31.7 Å². The van der Waals surface area contributed by atoms with E-state index in [0.717, 1.165) is 38.1 Å². The van der Waals surface area contributed by atoms with Crippen LogP contribution in [-0.2, 0) is 22.5 Å². The number of carbonyl (C=O) groups excluding carboxylic acids is 1. The van der Waals surface area contributed by atoms with E-state index in [1.807, 2.05) is 19.3 Å². The van der Waals surface area contributed by atoms with Crippen molar-refractivity contribution in [1.82, 2.24) is 14.9 Å². The van der Waals surface area contributed by atoms with Gasteiger partial charge in [0.05, 0.1) is 13.7 Å². The van der Waals surface area contributed by atoms with Gasteiger partial charge in [-0.3, -0.25) is 0 Å². The highest BCUT2D eigenvalue weighted by atomic mass is 16.5. The van der Waals surface area contributed by atoms with E-state index >= 15 is 0 Å². The van der Waals surface area contributed by atoms with Crippen LogP contribution in [0.1, 0.15) is 38.9 Å². The number of ether oxygens (including phenoxy) is 1. The minimum absolute atomic E-state index is 0.155. The number of rotatable bonds is 8. The molecule has 1 aliphatic rings. The average Bonchev–Trinajstić information content (AvgIpc) is 3.22. The summed E-state index contributed by atoms with van der Waals surface area (Å²) in [5, 5.41) is 3.39. The quantitative estimate of drug-likeness (QED) is 0.737. The van der Waals surface area contributed by atoms with Crippen LogP contribution < -0.4 is 5.32 Å². The monoisotopic (exact) mass is 279 g/mol. The standard InChI is InChI=1S/C15H25N3O2/c1-4-6-13-16-9-10-18(13)11-15(17-5-2,12-7-8-12)14(19)20-3/h9-10,12,17H,4-8,11H2,1-3H3. The van der Waals surface area contributed by atoms with Gasteiger partial charge in [-0.15, -0.1) is 0 Å². The molecule has 1 aliphatic carbocycles. The second kappa shape index (κ2) is 6.39. The first-order valence-corrected chi connectivity index (χ1v) is 7.51. The number of carbonyl (C=O) groups is 1.